The highest BCUT2D eigenvalue weighted by molar-refractivity contribution is 5.75. The summed E-state index contributed by atoms with van der Waals surface area (Å²) < 4.78 is 4.93. The van der Waals surface area contributed by atoms with Crippen LogP contribution in [-0.2, 0) is 9.53 Å². The molecule has 4 nitrogen and oxygen atoms in total. The number of esters is 1. The summed E-state index contributed by atoms with van der Waals surface area (Å²) >= 11 is 0. The smallest absolute Gasteiger partial charge is 0.322 e. The van der Waals surface area contributed by atoms with E-state index >= 15 is 0 Å². The minimum atomic E-state index is -0.463. The number of carbonyl (C=O) groups excluding carboxylic acids is 1. The molecular formula is C15H30N2O2. The second-order valence-corrected chi connectivity index (χ2v) is 5.57. The summed E-state index contributed by atoms with van der Waals surface area (Å²) in [5, 5.41) is 0. The van der Waals surface area contributed by atoms with E-state index in [2.05, 4.69) is 11.8 Å². The molecule has 19 heavy (non-hydrogen) atoms. The molecule has 1 aliphatic rings. The molecule has 4 heteroatoms. The average molecular weight is 270 g/mol. The number of ether oxygens (including phenoxy) is 1. The van der Waals surface area contributed by atoms with Crippen LogP contribution in [0.1, 0.15) is 52.4 Å². The van der Waals surface area contributed by atoms with Gasteiger partial charge >= 0.3 is 5.97 Å². The van der Waals surface area contributed by atoms with Gasteiger partial charge in [-0.05, 0) is 51.6 Å². The van der Waals surface area contributed by atoms with Gasteiger partial charge in [-0.15, -0.1) is 0 Å². The molecule has 0 aromatic carbocycles. The number of nitrogens with zero attached hydrogens (tertiary/aromatic N) is 1. The molecule has 2 atom stereocenters. The minimum absolute atomic E-state index is 0.263. The lowest BCUT2D eigenvalue weighted by molar-refractivity contribution is -0.144. The van der Waals surface area contributed by atoms with Crippen LogP contribution >= 0.6 is 0 Å². The molecule has 1 saturated heterocycles. The van der Waals surface area contributed by atoms with Crippen molar-refractivity contribution >= 4 is 5.97 Å². The van der Waals surface area contributed by atoms with Crippen LogP contribution in [0, 0.1) is 5.92 Å². The van der Waals surface area contributed by atoms with Gasteiger partial charge in [0.2, 0.25) is 0 Å². The van der Waals surface area contributed by atoms with E-state index in [1.807, 2.05) is 6.92 Å². The molecular weight excluding hydrogens is 240 g/mol. The van der Waals surface area contributed by atoms with E-state index in [0.717, 1.165) is 25.6 Å². The first-order chi connectivity index (χ1) is 9.17. The Morgan fingerprint density at radius 2 is 2.16 bits per heavy atom. The van der Waals surface area contributed by atoms with Gasteiger partial charge in [0.05, 0.1) is 6.61 Å². The fourth-order valence-corrected chi connectivity index (χ4v) is 2.83. The van der Waals surface area contributed by atoms with Gasteiger partial charge in [0.1, 0.15) is 6.04 Å². The largest absolute Gasteiger partial charge is 0.465 e. The molecule has 0 aromatic heterocycles. The van der Waals surface area contributed by atoms with Crippen LogP contribution in [0.15, 0.2) is 0 Å². The van der Waals surface area contributed by atoms with Crippen molar-refractivity contribution in [3.63, 3.8) is 0 Å². The molecule has 1 rings (SSSR count). The summed E-state index contributed by atoms with van der Waals surface area (Å²) in [4.78, 5) is 13.9. The number of nitrogens with two attached hydrogens (primary N) is 1. The summed E-state index contributed by atoms with van der Waals surface area (Å²) in [6, 6.07) is -0.463. The van der Waals surface area contributed by atoms with E-state index in [0.29, 0.717) is 13.0 Å². The van der Waals surface area contributed by atoms with E-state index in [-0.39, 0.29) is 5.97 Å². The van der Waals surface area contributed by atoms with Crippen LogP contribution in [0.4, 0.5) is 0 Å². The Bertz CT molecular complexity index is 259. The van der Waals surface area contributed by atoms with Gasteiger partial charge < -0.3 is 15.4 Å². The SMILES string of the molecule is CCCC1CCCN(CCC(N)C(=O)OCC)CC1. The first-order valence-electron chi connectivity index (χ1n) is 7.81. The third kappa shape index (κ3) is 6.39. The molecule has 0 aliphatic carbocycles. The van der Waals surface area contributed by atoms with Crippen LogP contribution in [0.25, 0.3) is 0 Å². The Kier molecular flexibility index (Phi) is 8.07. The lowest BCUT2D eigenvalue weighted by Gasteiger charge is -2.21. The summed E-state index contributed by atoms with van der Waals surface area (Å²) in [6.45, 7) is 7.71. The number of rotatable bonds is 7. The zero-order valence-electron chi connectivity index (χ0n) is 12.6. The van der Waals surface area contributed by atoms with Gasteiger partial charge in [-0.1, -0.05) is 19.8 Å². The van der Waals surface area contributed by atoms with Crippen LogP contribution in [0.2, 0.25) is 0 Å². The predicted molar refractivity (Wildman–Crippen MR) is 77.9 cm³/mol. The standard InChI is InChI=1S/C15H30N2O2/c1-3-6-13-7-5-10-17(11-8-13)12-9-14(16)15(18)19-4-2/h13-14H,3-12,16H2,1-2H3. The zero-order chi connectivity index (χ0) is 14.1. The van der Waals surface area contributed by atoms with Crippen LogP contribution in [0.5, 0.6) is 0 Å². The molecule has 1 heterocycles. The lowest BCUT2D eigenvalue weighted by atomic mass is 9.96. The van der Waals surface area contributed by atoms with Crippen molar-refractivity contribution in [2.45, 2.75) is 58.4 Å². The van der Waals surface area contributed by atoms with Gasteiger partial charge in [0.15, 0.2) is 0 Å². The van der Waals surface area contributed by atoms with Gasteiger partial charge in [0.25, 0.3) is 0 Å². The van der Waals surface area contributed by atoms with Crippen LogP contribution in [0.3, 0.4) is 0 Å². The number of likely N-dealkylation sites (tertiary alicyclic amines) is 1. The molecule has 0 spiro atoms. The molecule has 0 radical (unpaired) electrons. The molecule has 0 amide bonds. The molecule has 2 unspecified atom stereocenters. The third-order valence-electron chi connectivity index (χ3n) is 3.98. The fraction of sp³-hybridized carbons (Fsp3) is 0.933. The summed E-state index contributed by atoms with van der Waals surface area (Å²) in [5.74, 6) is 0.634. The quantitative estimate of drug-likeness (QED) is 0.720. The maximum absolute atomic E-state index is 11.5. The van der Waals surface area contributed by atoms with Crippen molar-refractivity contribution in [2.75, 3.05) is 26.2 Å². The van der Waals surface area contributed by atoms with Crippen LogP contribution in [-0.4, -0.2) is 43.2 Å². The normalized spacial score (nSPS) is 22.8. The van der Waals surface area contributed by atoms with E-state index in [1.54, 1.807) is 0 Å². The Hall–Kier alpha value is -0.610. The average Bonchev–Trinajstić information content (AvgIpc) is 2.62. The monoisotopic (exact) mass is 270 g/mol. The number of hydrogen-bond acceptors (Lipinski definition) is 4. The van der Waals surface area contributed by atoms with E-state index in [1.165, 1.54) is 32.1 Å². The van der Waals surface area contributed by atoms with Gasteiger partial charge in [-0.25, -0.2) is 0 Å². The Balaban J connectivity index is 2.24. The Labute approximate surface area is 117 Å². The van der Waals surface area contributed by atoms with Crippen molar-refractivity contribution in [3.8, 4) is 0 Å². The molecule has 0 aromatic rings. The maximum atomic E-state index is 11.5. The van der Waals surface area contributed by atoms with E-state index in [9.17, 15) is 4.79 Å². The minimum Gasteiger partial charge on any atom is -0.465 e. The first kappa shape index (κ1) is 16.4. The molecule has 1 aliphatic heterocycles. The Morgan fingerprint density at radius 1 is 1.37 bits per heavy atom. The third-order valence-corrected chi connectivity index (χ3v) is 3.98. The second kappa shape index (κ2) is 9.32. The molecule has 112 valence electrons. The highest BCUT2D eigenvalue weighted by Crippen LogP contribution is 2.21. The highest BCUT2D eigenvalue weighted by Gasteiger charge is 2.19. The van der Waals surface area contributed by atoms with Crippen molar-refractivity contribution < 1.29 is 9.53 Å². The molecule has 0 bridgehead atoms. The summed E-state index contributed by atoms with van der Waals surface area (Å²) in [7, 11) is 0. The highest BCUT2D eigenvalue weighted by atomic mass is 16.5. The molecule has 1 fully saturated rings. The number of carbonyl (C=O) groups is 1. The maximum Gasteiger partial charge on any atom is 0.322 e. The number of hydrogen-bond donors (Lipinski definition) is 1. The van der Waals surface area contributed by atoms with Crippen molar-refractivity contribution in [1.29, 1.82) is 0 Å². The first-order valence-corrected chi connectivity index (χ1v) is 7.81. The molecule has 0 saturated carbocycles. The van der Waals surface area contributed by atoms with Gasteiger partial charge in [-0.2, -0.15) is 0 Å². The zero-order valence-corrected chi connectivity index (χ0v) is 12.6. The summed E-state index contributed by atoms with van der Waals surface area (Å²) in [6.07, 6.45) is 7.28. The van der Waals surface area contributed by atoms with Crippen molar-refractivity contribution in [3.05, 3.63) is 0 Å². The second-order valence-electron chi connectivity index (χ2n) is 5.57. The molecule has 2 N–H and O–H groups in total. The van der Waals surface area contributed by atoms with E-state index in [4.69, 9.17) is 10.5 Å². The van der Waals surface area contributed by atoms with Crippen molar-refractivity contribution in [1.82, 2.24) is 4.90 Å². The topological polar surface area (TPSA) is 55.6 Å². The van der Waals surface area contributed by atoms with Crippen molar-refractivity contribution in [2.24, 2.45) is 11.7 Å². The van der Waals surface area contributed by atoms with E-state index < -0.39 is 6.04 Å². The van der Waals surface area contributed by atoms with Crippen LogP contribution < -0.4 is 5.73 Å². The van der Waals surface area contributed by atoms with Gasteiger partial charge in [-0.3, -0.25) is 4.79 Å². The fourth-order valence-electron chi connectivity index (χ4n) is 2.83. The Morgan fingerprint density at radius 3 is 2.84 bits per heavy atom. The van der Waals surface area contributed by atoms with Gasteiger partial charge in [0, 0.05) is 6.54 Å². The predicted octanol–water partition coefficient (Wildman–Crippen LogP) is 2.17. The summed E-state index contributed by atoms with van der Waals surface area (Å²) in [5.41, 5.74) is 5.83. The lowest BCUT2D eigenvalue weighted by Crippen LogP contribution is -2.37.